The van der Waals surface area contributed by atoms with E-state index in [1.807, 2.05) is 17.5 Å². The number of nitrogens with one attached hydrogen (secondary N) is 1. The van der Waals surface area contributed by atoms with Gasteiger partial charge in [0.1, 0.15) is 5.82 Å². The lowest BCUT2D eigenvalue weighted by Gasteiger charge is -2.21. The highest BCUT2D eigenvalue weighted by Crippen LogP contribution is 2.37. The Morgan fingerprint density at radius 1 is 1.32 bits per heavy atom. The van der Waals surface area contributed by atoms with Gasteiger partial charge in [-0.05, 0) is 30.8 Å². The van der Waals surface area contributed by atoms with Crippen molar-refractivity contribution in [2.45, 2.75) is 37.5 Å². The number of fused-ring (bicyclic) bond motifs is 2. The van der Waals surface area contributed by atoms with Crippen molar-refractivity contribution in [3.8, 4) is 0 Å². The van der Waals surface area contributed by atoms with Crippen molar-refractivity contribution >= 4 is 17.3 Å². The van der Waals surface area contributed by atoms with Crippen molar-refractivity contribution in [3.05, 3.63) is 48.9 Å². The number of carbonyl (C=O) groups is 1. The maximum absolute atomic E-state index is 12.3. The Morgan fingerprint density at radius 3 is 2.57 bits per heavy atom. The molecule has 1 saturated heterocycles. The summed E-state index contributed by atoms with van der Waals surface area (Å²) >= 11 is 1.57. The molecule has 4 rings (SSSR count). The van der Waals surface area contributed by atoms with Crippen LogP contribution in [0.25, 0.3) is 0 Å². The fourth-order valence-electron chi connectivity index (χ4n) is 3.38. The fraction of sp³-hybridized carbons (Fsp3) is 0.500. The van der Waals surface area contributed by atoms with E-state index in [1.165, 1.54) is 4.68 Å². The summed E-state index contributed by atoms with van der Waals surface area (Å²) < 4.78 is 34.7. The second-order valence-electron chi connectivity index (χ2n) is 6.58. The van der Waals surface area contributed by atoms with Crippen LogP contribution < -0.4 is 16.4 Å². The number of aromatic nitrogens is 3. The molecule has 8 nitrogen and oxygen atoms in total. The number of rotatable bonds is 2. The fourth-order valence-corrected chi connectivity index (χ4v) is 4.06. The first-order chi connectivity index (χ1) is 13.1. The van der Waals surface area contributed by atoms with Crippen LogP contribution in [0.4, 0.5) is 13.2 Å². The summed E-state index contributed by atoms with van der Waals surface area (Å²) in [4.78, 5) is 34.5. The molecule has 0 aliphatic carbocycles. The number of aliphatic carboxylic acids is 1. The molecule has 28 heavy (non-hydrogen) atoms. The average Bonchev–Trinajstić information content (AvgIpc) is 3.36. The van der Waals surface area contributed by atoms with Gasteiger partial charge in [0.2, 0.25) is 0 Å². The highest BCUT2D eigenvalue weighted by Gasteiger charge is 2.44. The largest absolute Gasteiger partial charge is 0.490 e. The van der Waals surface area contributed by atoms with Gasteiger partial charge in [0.05, 0.1) is 6.54 Å². The van der Waals surface area contributed by atoms with Gasteiger partial charge in [-0.2, -0.15) is 18.3 Å². The van der Waals surface area contributed by atoms with Gasteiger partial charge in [-0.15, -0.1) is 11.3 Å². The second kappa shape index (κ2) is 7.51. The van der Waals surface area contributed by atoms with Crippen LogP contribution >= 0.6 is 11.3 Å². The van der Waals surface area contributed by atoms with Crippen LogP contribution in [0.1, 0.15) is 23.5 Å². The van der Waals surface area contributed by atoms with Crippen molar-refractivity contribution in [1.82, 2.24) is 19.7 Å². The van der Waals surface area contributed by atoms with Gasteiger partial charge in [-0.1, -0.05) is 6.07 Å². The molecule has 0 amide bonds. The smallest absolute Gasteiger partial charge is 0.475 e. The predicted octanol–water partition coefficient (Wildman–Crippen LogP) is 0.783. The minimum absolute atomic E-state index is 0.0654. The van der Waals surface area contributed by atoms with Crippen LogP contribution in [0.5, 0.6) is 0 Å². The molecule has 12 heteroatoms. The summed E-state index contributed by atoms with van der Waals surface area (Å²) in [7, 11) is 0. The summed E-state index contributed by atoms with van der Waals surface area (Å²) in [5.41, 5.74) is -1.01. The topological polar surface area (TPSA) is 106 Å². The van der Waals surface area contributed by atoms with Crippen LogP contribution in [0.15, 0.2) is 27.1 Å². The lowest BCUT2D eigenvalue weighted by molar-refractivity contribution is -0.192. The number of hydrogen-bond donors (Lipinski definition) is 2. The zero-order valence-corrected chi connectivity index (χ0v) is 15.3. The van der Waals surface area contributed by atoms with Gasteiger partial charge in [0.15, 0.2) is 0 Å². The molecule has 1 unspecified atom stereocenters. The molecule has 1 spiro atoms. The van der Waals surface area contributed by atoms with E-state index in [0.717, 1.165) is 36.6 Å². The van der Waals surface area contributed by atoms with E-state index in [1.54, 1.807) is 15.9 Å². The van der Waals surface area contributed by atoms with Crippen molar-refractivity contribution in [1.29, 1.82) is 0 Å². The number of alkyl halides is 3. The molecule has 2 aromatic rings. The third kappa shape index (κ3) is 3.87. The molecular formula is C16H17F3N4O4S. The lowest BCUT2D eigenvalue weighted by Crippen LogP contribution is -2.45. The lowest BCUT2D eigenvalue weighted by atomic mass is 9.85. The molecule has 2 aliphatic rings. The Labute approximate surface area is 160 Å². The summed E-state index contributed by atoms with van der Waals surface area (Å²) in [6.45, 7) is 2.78. The van der Waals surface area contributed by atoms with E-state index < -0.39 is 23.3 Å². The first kappa shape index (κ1) is 20.3. The molecule has 152 valence electrons. The van der Waals surface area contributed by atoms with E-state index in [9.17, 15) is 22.8 Å². The molecule has 2 aliphatic heterocycles. The van der Waals surface area contributed by atoms with Gasteiger partial charge >= 0.3 is 23.3 Å². The van der Waals surface area contributed by atoms with E-state index in [2.05, 4.69) is 10.4 Å². The van der Waals surface area contributed by atoms with Gasteiger partial charge in [-0.3, -0.25) is 14.2 Å². The van der Waals surface area contributed by atoms with Crippen molar-refractivity contribution < 1.29 is 23.1 Å². The molecule has 2 aromatic heterocycles. The monoisotopic (exact) mass is 418 g/mol. The van der Waals surface area contributed by atoms with Crippen LogP contribution in [-0.4, -0.2) is 44.7 Å². The highest BCUT2D eigenvalue weighted by atomic mass is 32.1. The molecule has 4 heterocycles. The molecule has 0 radical (unpaired) electrons. The number of nitrogens with zero attached hydrogens (tertiary/aromatic N) is 3. The van der Waals surface area contributed by atoms with Gasteiger partial charge < -0.3 is 10.4 Å². The SMILES string of the molecule is O=C(O)C(F)(F)F.O=c1c(=O)n2c(nn1Cc1cccs1)C1(CCNC1)CC2. The summed E-state index contributed by atoms with van der Waals surface area (Å²) in [5, 5.41) is 17.0. The Balaban J connectivity index is 0.000000279. The minimum Gasteiger partial charge on any atom is -0.475 e. The molecule has 0 saturated carbocycles. The van der Waals surface area contributed by atoms with E-state index in [-0.39, 0.29) is 5.41 Å². The predicted molar refractivity (Wildman–Crippen MR) is 93.7 cm³/mol. The van der Waals surface area contributed by atoms with E-state index in [4.69, 9.17) is 9.90 Å². The number of hydrogen-bond acceptors (Lipinski definition) is 6. The second-order valence-corrected chi connectivity index (χ2v) is 7.61. The summed E-state index contributed by atoms with van der Waals surface area (Å²) in [6, 6.07) is 3.89. The van der Waals surface area contributed by atoms with Crippen molar-refractivity contribution in [2.75, 3.05) is 13.1 Å². The molecule has 1 atom stereocenters. The molecule has 0 bridgehead atoms. The average molecular weight is 418 g/mol. The van der Waals surface area contributed by atoms with Gasteiger partial charge in [-0.25, -0.2) is 9.48 Å². The Kier molecular flexibility index (Phi) is 5.44. The first-order valence-electron chi connectivity index (χ1n) is 8.40. The van der Waals surface area contributed by atoms with Crippen LogP contribution in [0, 0.1) is 0 Å². The number of halogens is 3. The Morgan fingerprint density at radius 2 is 2.04 bits per heavy atom. The molecule has 0 aromatic carbocycles. The number of carboxylic acid groups (broad SMARTS) is 1. The zero-order valence-electron chi connectivity index (χ0n) is 14.5. The Hall–Kier alpha value is -2.47. The first-order valence-corrected chi connectivity index (χ1v) is 9.28. The maximum atomic E-state index is 12.3. The van der Waals surface area contributed by atoms with E-state index in [0.29, 0.717) is 13.1 Å². The van der Waals surface area contributed by atoms with Crippen LogP contribution in [0.3, 0.4) is 0 Å². The summed E-state index contributed by atoms with van der Waals surface area (Å²) in [6.07, 6.45) is -3.21. The molecular weight excluding hydrogens is 401 g/mol. The zero-order chi connectivity index (χ0) is 20.5. The van der Waals surface area contributed by atoms with Crippen LogP contribution in [-0.2, 0) is 23.3 Å². The standard InChI is InChI=1S/C14H16N4O2S.C2HF3O2/c19-11-12(20)18(8-10-2-1-7-21-10)16-13-14(3-5-15-9-14)4-6-17(11)13;3-2(4,5)1(6)7/h1-2,7,15H,3-6,8-9H2;(H,6,7). The highest BCUT2D eigenvalue weighted by molar-refractivity contribution is 7.09. The van der Waals surface area contributed by atoms with Crippen LogP contribution in [0.2, 0.25) is 0 Å². The quantitative estimate of drug-likeness (QED) is 0.699. The van der Waals surface area contributed by atoms with Crippen molar-refractivity contribution in [3.63, 3.8) is 0 Å². The van der Waals surface area contributed by atoms with Crippen molar-refractivity contribution in [2.24, 2.45) is 0 Å². The molecule has 2 N–H and O–H groups in total. The third-order valence-electron chi connectivity index (χ3n) is 4.79. The van der Waals surface area contributed by atoms with Gasteiger partial charge in [0.25, 0.3) is 0 Å². The molecule has 1 fully saturated rings. The minimum atomic E-state index is -5.08. The number of carboxylic acids is 1. The normalized spacial score (nSPS) is 20.7. The van der Waals surface area contributed by atoms with E-state index >= 15 is 0 Å². The summed E-state index contributed by atoms with van der Waals surface area (Å²) in [5.74, 6) is -1.97. The number of thiophene rings is 1. The third-order valence-corrected chi connectivity index (χ3v) is 5.66. The maximum Gasteiger partial charge on any atom is 0.490 e. The Bertz CT molecular complexity index is 975. The van der Waals surface area contributed by atoms with Gasteiger partial charge in [0, 0.05) is 23.4 Å².